The lowest BCUT2D eigenvalue weighted by Gasteiger charge is -2.38. The van der Waals surface area contributed by atoms with Gasteiger partial charge in [-0.2, -0.15) is 0 Å². The third-order valence-corrected chi connectivity index (χ3v) is 4.67. The molecule has 0 saturated carbocycles. The number of carbonyl (C=O) groups is 1. The molecule has 6 nitrogen and oxygen atoms in total. The Morgan fingerprint density at radius 2 is 2.08 bits per heavy atom. The summed E-state index contributed by atoms with van der Waals surface area (Å²) >= 11 is 0. The lowest BCUT2D eigenvalue weighted by molar-refractivity contribution is 0.0946. The molecule has 0 spiro atoms. The van der Waals surface area contributed by atoms with Crippen LogP contribution in [0.25, 0.3) is 0 Å². The van der Waals surface area contributed by atoms with Crippen LogP contribution >= 0.6 is 0 Å². The number of nitrogens with zero attached hydrogens (tertiary/aromatic N) is 1. The average molecular weight is 343 g/mol. The van der Waals surface area contributed by atoms with Gasteiger partial charge < -0.3 is 20.2 Å². The molecule has 1 aromatic heterocycles. The van der Waals surface area contributed by atoms with Crippen molar-refractivity contribution < 1.29 is 14.3 Å². The number of rotatable bonds is 6. The molecule has 134 valence electrons. The first-order valence-corrected chi connectivity index (χ1v) is 8.67. The summed E-state index contributed by atoms with van der Waals surface area (Å²) in [5.41, 5.74) is 2.18. The number of hydrogen-bond acceptors (Lipinski definition) is 4. The number of hydrogen-bond donors (Lipinski definition) is 3. The molecule has 2 heterocycles. The summed E-state index contributed by atoms with van der Waals surface area (Å²) in [4.78, 5) is 14.5. The van der Waals surface area contributed by atoms with Gasteiger partial charge in [0.25, 0.3) is 0 Å². The van der Waals surface area contributed by atoms with Gasteiger partial charge in [-0.3, -0.25) is 4.90 Å². The van der Waals surface area contributed by atoms with E-state index in [1.165, 1.54) is 5.56 Å². The number of piperidine rings is 1. The maximum absolute atomic E-state index is 12.2. The largest absolute Gasteiger partial charge is 0.472 e. The summed E-state index contributed by atoms with van der Waals surface area (Å²) in [6.07, 6.45) is 4.06. The normalized spacial score (nSPS) is 21.0. The summed E-state index contributed by atoms with van der Waals surface area (Å²) in [6.45, 7) is 3.03. The SMILES string of the molecule is O=C(NCc1ccoc1)N[C@@H]1CN(Cc2ccccc2)CC[C@H]1CO. The van der Waals surface area contributed by atoms with E-state index in [1.807, 2.05) is 24.3 Å². The van der Waals surface area contributed by atoms with Gasteiger partial charge in [0.05, 0.1) is 12.5 Å². The zero-order chi connectivity index (χ0) is 17.5. The molecule has 2 atom stereocenters. The molecular weight excluding hydrogens is 318 g/mol. The van der Waals surface area contributed by atoms with E-state index in [9.17, 15) is 9.90 Å². The van der Waals surface area contributed by atoms with Gasteiger partial charge >= 0.3 is 6.03 Å². The van der Waals surface area contributed by atoms with E-state index < -0.39 is 0 Å². The third kappa shape index (κ3) is 5.08. The molecule has 0 unspecified atom stereocenters. The molecule has 2 amide bonds. The van der Waals surface area contributed by atoms with E-state index in [1.54, 1.807) is 12.5 Å². The minimum atomic E-state index is -0.216. The van der Waals surface area contributed by atoms with Crippen molar-refractivity contribution in [2.75, 3.05) is 19.7 Å². The zero-order valence-corrected chi connectivity index (χ0v) is 14.2. The first kappa shape index (κ1) is 17.5. The van der Waals surface area contributed by atoms with E-state index in [0.29, 0.717) is 6.54 Å². The highest BCUT2D eigenvalue weighted by Crippen LogP contribution is 2.19. The molecule has 1 saturated heterocycles. The Hall–Kier alpha value is -2.31. The third-order valence-electron chi connectivity index (χ3n) is 4.67. The number of nitrogens with one attached hydrogen (secondary N) is 2. The number of carbonyl (C=O) groups excluding carboxylic acids is 1. The van der Waals surface area contributed by atoms with Crippen LogP contribution in [0.1, 0.15) is 17.5 Å². The summed E-state index contributed by atoms with van der Waals surface area (Å²) in [7, 11) is 0. The van der Waals surface area contributed by atoms with Crippen LogP contribution in [-0.4, -0.2) is 41.8 Å². The van der Waals surface area contributed by atoms with Crippen LogP contribution in [0.5, 0.6) is 0 Å². The monoisotopic (exact) mass is 343 g/mol. The Bertz CT molecular complexity index is 645. The molecule has 0 radical (unpaired) electrons. The predicted octanol–water partition coefficient (Wildman–Crippen LogP) is 1.96. The van der Waals surface area contributed by atoms with Gasteiger partial charge in [0.15, 0.2) is 0 Å². The second kappa shape index (κ2) is 8.69. The van der Waals surface area contributed by atoms with E-state index in [2.05, 4.69) is 27.7 Å². The van der Waals surface area contributed by atoms with Crippen molar-refractivity contribution in [1.29, 1.82) is 0 Å². The Morgan fingerprint density at radius 1 is 1.24 bits per heavy atom. The molecule has 1 aromatic carbocycles. The molecule has 1 fully saturated rings. The standard InChI is InChI=1S/C19H25N3O3/c23-13-17-6-8-22(11-15-4-2-1-3-5-15)12-18(17)21-19(24)20-10-16-7-9-25-14-16/h1-5,7,9,14,17-18,23H,6,8,10-13H2,(H2,20,21,24)/t17-,18+/m0/s1. The van der Waals surface area contributed by atoms with E-state index in [0.717, 1.165) is 31.6 Å². The highest BCUT2D eigenvalue weighted by atomic mass is 16.3. The quantitative estimate of drug-likeness (QED) is 0.749. The first-order valence-electron chi connectivity index (χ1n) is 8.67. The van der Waals surface area contributed by atoms with Crippen LogP contribution in [-0.2, 0) is 13.1 Å². The van der Waals surface area contributed by atoms with Gasteiger partial charge in [-0.15, -0.1) is 0 Å². The fourth-order valence-corrected chi connectivity index (χ4v) is 3.23. The number of aliphatic hydroxyl groups excluding tert-OH is 1. The fourth-order valence-electron chi connectivity index (χ4n) is 3.23. The average Bonchev–Trinajstić information content (AvgIpc) is 3.15. The smallest absolute Gasteiger partial charge is 0.315 e. The van der Waals surface area contributed by atoms with Gasteiger partial charge in [0, 0.05) is 43.8 Å². The first-order chi connectivity index (χ1) is 12.2. The van der Waals surface area contributed by atoms with Gasteiger partial charge in [-0.05, 0) is 24.6 Å². The summed E-state index contributed by atoms with van der Waals surface area (Å²) < 4.78 is 4.99. The van der Waals surface area contributed by atoms with Crippen molar-refractivity contribution in [1.82, 2.24) is 15.5 Å². The molecule has 1 aliphatic rings. The van der Waals surface area contributed by atoms with Crippen LogP contribution in [0.15, 0.2) is 53.3 Å². The number of benzene rings is 1. The maximum atomic E-state index is 12.2. The Balaban J connectivity index is 1.52. The van der Waals surface area contributed by atoms with Crippen molar-refractivity contribution in [2.24, 2.45) is 5.92 Å². The minimum Gasteiger partial charge on any atom is -0.472 e. The Labute approximate surface area is 147 Å². The topological polar surface area (TPSA) is 77.7 Å². The van der Waals surface area contributed by atoms with Crippen LogP contribution in [0.3, 0.4) is 0 Å². The number of amides is 2. The number of likely N-dealkylation sites (tertiary alicyclic amines) is 1. The van der Waals surface area contributed by atoms with E-state index >= 15 is 0 Å². The fraction of sp³-hybridized carbons (Fsp3) is 0.421. The van der Waals surface area contributed by atoms with Crippen LogP contribution in [0.2, 0.25) is 0 Å². The lowest BCUT2D eigenvalue weighted by atomic mass is 9.92. The Kier molecular flexibility index (Phi) is 6.09. The summed E-state index contributed by atoms with van der Waals surface area (Å²) in [5, 5.41) is 15.5. The van der Waals surface area contributed by atoms with Crippen molar-refractivity contribution in [3.05, 3.63) is 60.1 Å². The number of aliphatic hydroxyl groups is 1. The zero-order valence-electron chi connectivity index (χ0n) is 14.2. The van der Waals surface area contributed by atoms with Gasteiger partial charge in [0.2, 0.25) is 0 Å². The van der Waals surface area contributed by atoms with Crippen molar-refractivity contribution in [3.63, 3.8) is 0 Å². The predicted molar refractivity (Wildman–Crippen MR) is 94.8 cm³/mol. The number of furan rings is 1. The van der Waals surface area contributed by atoms with Crippen molar-refractivity contribution in [3.8, 4) is 0 Å². The minimum absolute atomic E-state index is 0.0631. The molecule has 25 heavy (non-hydrogen) atoms. The molecule has 3 N–H and O–H groups in total. The second-order valence-electron chi connectivity index (χ2n) is 6.52. The second-order valence-corrected chi connectivity index (χ2v) is 6.52. The summed E-state index contributed by atoms with van der Waals surface area (Å²) in [6, 6.07) is 11.8. The molecular formula is C19H25N3O3. The highest BCUT2D eigenvalue weighted by Gasteiger charge is 2.29. The summed E-state index contributed by atoms with van der Waals surface area (Å²) in [5.74, 6) is 0.0895. The van der Waals surface area contributed by atoms with Gasteiger partial charge in [0.1, 0.15) is 0 Å². The number of urea groups is 1. The van der Waals surface area contributed by atoms with E-state index in [4.69, 9.17) is 4.42 Å². The highest BCUT2D eigenvalue weighted by molar-refractivity contribution is 5.74. The van der Waals surface area contributed by atoms with Crippen LogP contribution in [0.4, 0.5) is 4.79 Å². The molecule has 2 aromatic rings. The molecule has 6 heteroatoms. The van der Waals surface area contributed by atoms with Crippen LogP contribution < -0.4 is 10.6 Å². The molecule has 1 aliphatic heterocycles. The van der Waals surface area contributed by atoms with E-state index in [-0.39, 0.29) is 24.6 Å². The van der Waals surface area contributed by atoms with Crippen molar-refractivity contribution >= 4 is 6.03 Å². The molecule has 0 bridgehead atoms. The Morgan fingerprint density at radius 3 is 2.80 bits per heavy atom. The maximum Gasteiger partial charge on any atom is 0.315 e. The lowest BCUT2D eigenvalue weighted by Crippen LogP contribution is -2.55. The van der Waals surface area contributed by atoms with Gasteiger partial charge in [-0.1, -0.05) is 30.3 Å². The van der Waals surface area contributed by atoms with Crippen molar-refractivity contribution in [2.45, 2.75) is 25.6 Å². The van der Waals surface area contributed by atoms with Crippen LogP contribution in [0, 0.1) is 5.92 Å². The molecule has 0 aliphatic carbocycles. The van der Waals surface area contributed by atoms with Gasteiger partial charge in [-0.25, -0.2) is 4.79 Å². The molecule has 3 rings (SSSR count).